The number of aromatic nitrogens is 4. The van der Waals surface area contributed by atoms with Gasteiger partial charge in [0, 0.05) is 23.3 Å². The molecule has 2 aromatic heterocycles. The lowest BCUT2D eigenvalue weighted by Crippen LogP contribution is -2.22. The molecule has 0 saturated carbocycles. The van der Waals surface area contributed by atoms with Crippen LogP contribution < -0.4 is 10.6 Å². The van der Waals surface area contributed by atoms with Crippen molar-refractivity contribution in [2.24, 2.45) is 0 Å². The average Bonchev–Trinajstić information content (AvgIpc) is 3.03. The summed E-state index contributed by atoms with van der Waals surface area (Å²) in [5.74, 6) is 1.31. The maximum atomic E-state index is 5.95. The van der Waals surface area contributed by atoms with Crippen molar-refractivity contribution in [1.82, 2.24) is 19.6 Å². The van der Waals surface area contributed by atoms with Crippen LogP contribution in [0.25, 0.3) is 16.7 Å². The van der Waals surface area contributed by atoms with Crippen LogP contribution in [0.3, 0.4) is 0 Å². The highest BCUT2D eigenvalue weighted by molar-refractivity contribution is 5.94. The SMILES string of the molecule is C=C/C=C(\C=C)N(CC)c1nc2nncn2c2cc(N)ccc12. The summed E-state index contributed by atoms with van der Waals surface area (Å²) < 4.78 is 1.83. The molecule has 0 aliphatic carbocycles. The molecule has 0 radical (unpaired) electrons. The number of hydrogen-bond donors (Lipinski definition) is 1. The van der Waals surface area contributed by atoms with Gasteiger partial charge in [0.2, 0.25) is 0 Å². The largest absolute Gasteiger partial charge is 0.399 e. The molecule has 0 aliphatic heterocycles. The first-order valence-corrected chi connectivity index (χ1v) is 7.31. The van der Waals surface area contributed by atoms with Crippen LogP contribution in [0.2, 0.25) is 0 Å². The van der Waals surface area contributed by atoms with Crippen LogP contribution in [0.5, 0.6) is 0 Å². The van der Waals surface area contributed by atoms with Gasteiger partial charge in [0.15, 0.2) is 0 Å². The highest BCUT2D eigenvalue weighted by Gasteiger charge is 2.16. The van der Waals surface area contributed by atoms with Crippen molar-refractivity contribution >= 4 is 28.2 Å². The zero-order valence-electron chi connectivity index (χ0n) is 13.0. The van der Waals surface area contributed by atoms with Crippen molar-refractivity contribution < 1.29 is 0 Å². The lowest BCUT2D eigenvalue weighted by Gasteiger charge is -2.24. The molecular weight excluding hydrogens is 288 g/mol. The summed E-state index contributed by atoms with van der Waals surface area (Å²) in [4.78, 5) is 6.72. The van der Waals surface area contributed by atoms with Crippen LogP contribution >= 0.6 is 0 Å². The monoisotopic (exact) mass is 306 g/mol. The third-order valence-corrected chi connectivity index (χ3v) is 3.64. The fourth-order valence-corrected chi connectivity index (χ4v) is 2.62. The molecule has 0 aliphatic rings. The van der Waals surface area contributed by atoms with Gasteiger partial charge < -0.3 is 10.6 Å². The number of hydrogen-bond acceptors (Lipinski definition) is 5. The number of nitrogens with two attached hydrogens (primary N) is 1. The zero-order valence-corrected chi connectivity index (χ0v) is 13.0. The van der Waals surface area contributed by atoms with Gasteiger partial charge in [-0.25, -0.2) is 0 Å². The predicted octanol–water partition coefficient (Wildman–Crippen LogP) is 2.94. The molecule has 6 heteroatoms. The molecule has 2 N–H and O–H groups in total. The summed E-state index contributed by atoms with van der Waals surface area (Å²) in [7, 11) is 0. The van der Waals surface area contributed by atoms with E-state index in [2.05, 4.69) is 40.2 Å². The van der Waals surface area contributed by atoms with Crippen molar-refractivity contribution in [3.05, 3.63) is 61.6 Å². The van der Waals surface area contributed by atoms with Gasteiger partial charge in [0.05, 0.1) is 5.52 Å². The quantitative estimate of drug-likeness (QED) is 0.579. The molecule has 0 bridgehead atoms. The topological polar surface area (TPSA) is 72.3 Å². The summed E-state index contributed by atoms with van der Waals surface area (Å²) in [6, 6.07) is 5.72. The van der Waals surface area contributed by atoms with Gasteiger partial charge in [-0.1, -0.05) is 19.2 Å². The zero-order chi connectivity index (χ0) is 16.4. The minimum absolute atomic E-state index is 0.526. The highest BCUT2D eigenvalue weighted by atomic mass is 15.3. The Morgan fingerprint density at radius 1 is 1.39 bits per heavy atom. The summed E-state index contributed by atoms with van der Waals surface area (Å²) >= 11 is 0. The van der Waals surface area contributed by atoms with E-state index in [4.69, 9.17) is 5.73 Å². The van der Waals surface area contributed by atoms with Crippen LogP contribution in [0.4, 0.5) is 11.5 Å². The molecule has 116 valence electrons. The number of nitrogen functional groups attached to an aromatic ring is 1. The Bertz CT molecular complexity index is 921. The Morgan fingerprint density at radius 3 is 2.91 bits per heavy atom. The van der Waals surface area contributed by atoms with Crippen LogP contribution in [0, 0.1) is 0 Å². The van der Waals surface area contributed by atoms with Crippen LogP contribution in [0.1, 0.15) is 6.92 Å². The number of nitrogens with zero attached hydrogens (tertiary/aromatic N) is 5. The first-order chi connectivity index (χ1) is 11.2. The summed E-state index contributed by atoms with van der Waals surface area (Å²) in [5, 5.41) is 8.99. The van der Waals surface area contributed by atoms with E-state index in [9.17, 15) is 0 Å². The van der Waals surface area contributed by atoms with E-state index in [-0.39, 0.29) is 0 Å². The molecule has 1 aromatic carbocycles. The van der Waals surface area contributed by atoms with Crippen molar-refractivity contribution in [2.45, 2.75) is 6.92 Å². The van der Waals surface area contributed by atoms with E-state index in [0.717, 1.165) is 29.0 Å². The first-order valence-electron chi connectivity index (χ1n) is 7.31. The number of anilines is 2. The molecule has 0 atom stereocenters. The molecule has 0 fully saturated rings. The molecule has 0 saturated heterocycles. The molecule has 2 heterocycles. The molecule has 0 unspecified atom stereocenters. The Balaban J connectivity index is 2.36. The van der Waals surface area contributed by atoms with Gasteiger partial charge in [0.25, 0.3) is 5.78 Å². The summed E-state index contributed by atoms with van der Waals surface area (Å²) in [6.07, 6.45) is 7.05. The highest BCUT2D eigenvalue weighted by Crippen LogP contribution is 2.29. The molecule has 3 aromatic rings. The molecule has 23 heavy (non-hydrogen) atoms. The summed E-state index contributed by atoms with van der Waals surface area (Å²) in [6.45, 7) is 10.4. The molecular formula is C17H18N6. The smallest absolute Gasteiger partial charge is 0.257 e. The molecule has 3 rings (SSSR count). The van der Waals surface area contributed by atoms with E-state index in [0.29, 0.717) is 11.5 Å². The summed E-state index contributed by atoms with van der Waals surface area (Å²) in [5.41, 5.74) is 8.45. The normalized spacial score (nSPS) is 11.8. The molecule has 6 nitrogen and oxygen atoms in total. The standard InChI is InChI=1S/C17H18N6/c1-4-7-13(5-2)22(6-3)16-14-9-8-12(18)10-15(14)23-11-19-21-17(23)20-16/h4-5,7-11H,1-2,6,18H2,3H3/b13-7+. The van der Waals surface area contributed by atoms with E-state index in [1.165, 1.54) is 0 Å². The van der Waals surface area contributed by atoms with Crippen molar-refractivity contribution in [2.75, 3.05) is 17.2 Å². The van der Waals surface area contributed by atoms with Crippen LogP contribution in [0.15, 0.2) is 61.6 Å². The maximum Gasteiger partial charge on any atom is 0.257 e. The van der Waals surface area contributed by atoms with E-state index in [1.54, 1.807) is 18.5 Å². The van der Waals surface area contributed by atoms with Gasteiger partial charge in [-0.05, 0) is 37.3 Å². The fourth-order valence-electron chi connectivity index (χ4n) is 2.62. The Hall–Kier alpha value is -3.15. The fraction of sp³-hybridized carbons (Fsp3) is 0.118. The average molecular weight is 306 g/mol. The maximum absolute atomic E-state index is 5.95. The van der Waals surface area contributed by atoms with E-state index < -0.39 is 0 Å². The van der Waals surface area contributed by atoms with E-state index >= 15 is 0 Å². The minimum atomic E-state index is 0.526. The van der Waals surface area contributed by atoms with Gasteiger partial charge in [-0.3, -0.25) is 4.40 Å². The second-order valence-electron chi connectivity index (χ2n) is 4.99. The van der Waals surface area contributed by atoms with Crippen molar-refractivity contribution in [3.8, 4) is 0 Å². The third kappa shape index (κ3) is 2.44. The number of allylic oxidation sites excluding steroid dienone is 3. The second-order valence-corrected chi connectivity index (χ2v) is 4.99. The van der Waals surface area contributed by atoms with E-state index in [1.807, 2.05) is 28.7 Å². The number of likely N-dealkylation sites (N-methyl/N-ethyl adjacent to an activating group) is 1. The number of benzene rings is 1. The number of rotatable bonds is 5. The molecule has 0 amide bonds. The van der Waals surface area contributed by atoms with Crippen molar-refractivity contribution in [1.29, 1.82) is 0 Å². The van der Waals surface area contributed by atoms with Crippen molar-refractivity contribution in [3.63, 3.8) is 0 Å². The third-order valence-electron chi connectivity index (χ3n) is 3.64. The van der Waals surface area contributed by atoms with Gasteiger partial charge in [0.1, 0.15) is 12.1 Å². The predicted molar refractivity (Wildman–Crippen MR) is 94.2 cm³/mol. The second kappa shape index (κ2) is 5.92. The lowest BCUT2D eigenvalue weighted by atomic mass is 10.2. The van der Waals surface area contributed by atoms with Crippen LogP contribution in [-0.2, 0) is 0 Å². The minimum Gasteiger partial charge on any atom is -0.399 e. The number of fused-ring (bicyclic) bond motifs is 3. The Kier molecular flexibility index (Phi) is 3.80. The molecule has 0 spiro atoms. The Morgan fingerprint density at radius 2 is 2.22 bits per heavy atom. The lowest BCUT2D eigenvalue weighted by molar-refractivity contribution is 0.951. The van der Waals surface area contributed by atoms with Gasteiger partial charge in [-0.15, -0.1) is 10.2 Å². The van der Waals surface area contributed by atoms with Crippen LogP contribution in [-0.4, -0.2) is 26.1 Å². The Labute approximate surface area is 134 Å². The first kappa shape index (κ1) is 14.8. The van der Waals surface area contributed by atoms with Gasteiger partial charge in [-0.2, -0.15) is 4.98 Å². The van der Waals surface area contributed by atoms with Gasteiger partial charge >= 0.3 is 0 Å².